The minimum Gasteiger partial charge on any atom is -0.382 e. The molecular weight excluding hydrogens is 344 g/mol. The fourth-order valence-electron chi connectivity index (χ4n) is 4.18. The Kier molecular flexibility index (Phi) is 5.11. The van der Waals surface area contributed by atoms with Crippen LogP contribution in [0.4, 0.5) is 5.82 Å². The van der Waals surface area contributed by atoms with E-state index in [1.807, 2.05) is 11.9 Å². The van der Waals surface area contributed by atoms with Crippen molar-refractivity contribution in [2.45, 2.75) is 44.6 Å². The SMILES string of the molecule is Cn1c(CN2CCCCC2)nnc1[C@H]1CCCN(C(=O)c2cc(N)n[nH]2)C1. The Hall–Kier alpha value is -2.42. The molecule has 9 nitrogen and oxygen atoms in total. The van der Waals surface area contributed by atoms with Crippen LogP contribution in [-0.4, -0.2) is 66.8 Å². The smallest absolute Gasteiger partial charge is 0.271 e. The molecule has 4 heterocycles. The summed E-state index contributed by atoms with van der Waals surface area (Å²) >= 11 is 0. The largest absolute Gasteiger partial charge is 0.382 e. The van der Waals surface area contributed by atoms with E-state index in [1.54, 1.807) is 6.07 Å². The van der Waals surface area contributed by atoms with Gasteiger partial charge in [-0.2, -0.15) is 5.10 Å². The molecular formula is C18H28N8O. The predicted molar refractivity (Wildman–Crippen MR) is 101 cm³/mol. The molecule has 146 valence electrons. The molecule has 9 heteroatoms. The number of amides is 1. The van der Waals surface area contributed by atoms with Crippen molar-refractivity contribution in [2.24, 2.45) is 7.05 Å². The van der Waals surface area contributed by atoms with Gasteiger partial charge in [-0.25, -0.2) is 0 Å². The van der Waals surface area contributed by atoms with Crippen LogP contribution in [0.5, 0.6) is 0 Å². The number of rotatable bonds is 4. The van der Waals surface area contributed by atoms with Gasteiger partial charge in [-0.3, -0.25) is 14.8 Å². The van der Waals surface area contributed by atoms with E-state index in [0.717, 1.165) is 50.7 Å². The highest BCUT2D eigenvalue weighted by Gasteiger charge is 2.29. The Morgan fingerprint density at radius 1 is 1.22 bits per heavy atom. The monoisotopic (exact) mass is 372 g/mol. The molecule has 2 aromatic heterocycles. The summed E-state index contributed by atoms with van der Waals surface area (Å²) in [6, 6.07) is 1.59. The molecule has 1 amide bonds. The molecule has 0 saturated carbocycles. The standard InChI is InChI=1S/C18H28N8O/c1-24-16(12-25-7-3-2-4-8-25)22-23-17(24)13-6-5-9-26(11-13)18(27)14-10-15(19)21-20-14/h10,13H,2-9,11-12H2,1H3,(H3,19,20,21)/t13-/m0/s1. The van der Waals surface area contributed by atoms with Crippen molar-refractivity contribution in [2.75, 3.05) is 31.9 Å². The maximum Gasteiger partial charge on any atom is 0.271 e. The molecule has 0 spiro atoms. The number of piperidine rings is 2. The van der Waals surface area contributed by atoms with Crippen LogP contribution in [0.25, 0.3) is 0 Å². The topological polar surface area (TPSA) is 109 Å². The minimum atomic E-state index is -0.0559. The number of hydrogen-bond donors (Lipinski definition) is 2. The van der Waals surface area contributed by atoms with E-state index in [0.29, 0.717) is 18.1 Å². The van der Waals surface area contributed by atoms with Crippen molar-refractivity contribution in [3.63, 3.8) is 0 Å². The molecule has 0 aliphatic carbocycles. The third kappa shape index (κ3) is 3.83. The number of nitrogens with zero attached hydrogens (tertiary/aromatic N) is 6. The van der Waals surface area contributed by atoms with Gasteiger partial charge in [-0.1, -0.05) is 6.42 Å². The first-order chi connectivity index (χ1) is 13.1. The number of aromatic amines is 1. The van der Waals surface area contributed by atoms with Crippen LogP contribution in [0.15, 0.2) is 6.07 Å². The molecule has 0 unspecified atom stereocenters. The first-order valence-electron chi connectivity index (χ1n) is 9.82. The van der Waals surface area contributed by atoms with Crippen molar-refractivity contribution in [3.8, 4) is 0 Å². The number of hydrogen-bond acceptors (Lipinski definition) is 6. The Morgan fingerprint density at radius 2 is 2.04 bits per heavy atom. The van der Waals surface area contributed by atoms with Crippen LogP contribution < -0.4 is 5.73 Å². The van der Waals surface area contributed by atoms with Crippen molar-refractivity contribution < 1.29 is 4.79 Å². The van der Waals surface area contributed by atoms with Gasteiger partial charge in [-0.05, 0) is 38.8 Å². The third-order valence-electron chi connectivity index (χ3n) is 5.71. The van der Waals surface area contributed by atoms with Crippen LogP contribution >= 0.6 is 0 Å². The molecule has 3 N–H and O–H groups in total. The Morgan fingerprint density at radius 3 is 2.78 bits per heavy atom. The zero-order valence-electron chi connectivity index (χ0n) is 15.9. The van der Waals surface area contributed by atoms with Gasteiger partial charge in [0.1, 0.15) is 23.2 Å². The maximum atomic E-state index is 12.7. The molecule has 2 aromatic rings. The van der Waals surface area contributed by atoms with Gasteiger partial charge in [0.25, 0.3) is 5.91 Å². The highest BCUT2D eigenvalue weighted by molar-refractivity contribution is 5.93. The number of nitrogens with two attached hydrogens (primary N) is 1. The number of likely N-dealkylation sites (tertiary alicyclic amines) is 2. The number of nitrogens with one attached hydrogen (secondary N) is 1. The molecule has 4 rings (SSSR count). The second-order valence-corrected chi connectivity index (χ2v) is 7.67. The fraction of sp³-hybridized carbons (Fsp3) is 0.667. The molecule has 2 aliphatic heterocycles. The molecule has 2 saturated heterocycles. The van der Waals surface area contributed by atoms with E-state index in [2.05, 4.69) is 29.9 Å². The second kappa shape index (κ2) is 7.67. The van der Waals surface area contributed by atoms with Gasteiger partial charge in [0.2, 0.25) is 0 Å². The van der Waals surface area contributed by atoms with Crippen molar-refractivity contribution in [1.82, 2.24) is 34.8 Å². The Labute approximate surface area is 158 Å². The van der Waals surface area contributed by atoms with E-state index in [4.69, 9.17) is 5.73 Å². The summed E-state index contributed by atoms with van der Waals surface area (Å²) in [6.45, 7) is 4.52. The van der Waals surface area contributed by atoms with Crippen LogP contribution in [0.3, 0.4) is 0 Å². The van der Waals surface area contributed by atoms with E-state index in [1.165, 1.54) is 19.3 Å². The lowest BCUT2D eigenvalue weighted by Gasteiger charge is -2.32. The summed E-state index contributed by atoms with van der Waals surface area (Å²) in [5.41, 5.74) is 6.07. The fourth-order valence-corrected chi connectivity index (χ4v) is 4.18. The zero-order chi connectivity index (χ0) is 18.8. The zero-order valence-corrected chi connectivity index (χ0v) is 15.9. The first-order valence-corrected chi connectivity index (χ1v) is 9.82. The molecule has 1 atom stereocenters. The average Bonchev–Trinajstić information content (AvgIpc) is 3.28. The van der Waals surface area contributed by atoms with Gasteiger partial charge in [0.05, 0.1) is 6.54 Å². The molecule has 0 radical (unpaired) electrons. The van der Waals surface area contributed by atoms with E-state index in [-0.39, 0.29) is 11.8 Å². The van der Waals surface area contributed by atoms with Gasteiger partial charge in [0, 0.05) is 32.1 Å². The summed E-state index contributed by atoms with van der Waals surface area (Å²) < 4.78 is 2.13. The lowest BCUT2D eigenvalue weighted by Crippen LogP contribution is -2.40. The normalized spacial score (nSPS) is 21.5. The molecule has 2 aliphatic rings. The van der Waals surface area contributed by atoms with Crippen LogP contribution in [0, 0.1) is 0 Å². The van der Waals surface area contributed by atoms with Crippen LogP contribution in [0.1, 0.15) is 60.2 Å². The van der Waals surface area contributed by atoms with E-state index >= 15 is 0 Å². The Balaban J connectivity index is 1.44. The molecule has 0 bridgehead atoms. The average molecular weight is 372 g/mol. The molecule has 27 heavy (non-hydrogen) atoms. The Bertz CT molecular complexity index is 791. The molecule has 2 fully saturated rings. The third-order valence-corrected chi connectivity index (χ3v) is 5.71. The second-order valence-electron chi connectivity index (χ2n) is 7.67. The lowest BCUT2D eigenvalue weighted by atomic mass is 9.97. The molecule has 0 aromatic carbocycles. The predicted octanol–water partition coefficient (Wildman–Crippen LogP) is 1.13. The van der Waals surface area contributed by atoms with Gasteiger partial charge in [0.15, 0.2) is 0 Å². The van der Waals surface area contributed by atoms with Crippen molar-refractivity contribution >= 4 is 11.7 Å². The number of carbonyl (C=O) groups is 1. The summed E-state index contributed by atoms with van der Waals surface area (Å²) in [5.74, 6) is 2.47. The highest BCUT2D eigenvalue weighted by atomic mass is 16.2. The minimum absolute atomic E-state index is 0.0559. The van der Waals surface area contributed by atoms with E-state index in [9.17, 15) is 4.79 Å². The number of nitrogen functional groups attached to an aromatic ring is 1. The summed E-state index contributed by atoms with van der Waals surface area (Å²) in [5, 5.41) is 15.5. The number of H-pyrrole nitrogens is 1. The van der Waals surface area contributed by atoms with Crippen molar-refractivity contribution in [3.05, 3.63) is 23.4 Å². The van der Waals surface area contributed by atoms with E-state index < -0.39 is 0 Å². The van der Waals surface area contributed by atoms with Gasteiger partial charge < -0.3 is 15.2 Å². The van der Waals surface area contributed by atoms with Gasteiger partial charge >= 0.3 is 0 Å². The maximum absolute atomic E-state index is 12.7. The quantitative estimate of drug-likeness (QED) is 0.833. The first kappa shape index (κ1) is 18.0. The van der Waals surface area contributed by atoms with Crippen molar-refractivity contribution in [1.29, 1.82) is 0 Å². The number of anilines is 1. The summed E-state index contributed by atoms with van der Waals surface area (Å²) in [4.78, 5) is 17.0. The summed E-state index contributed by atoms with van der Waals surface area (Å²) in [6.07, 6.45) is 5.83. The lowest BCUT2D eigenvalue weighted by molar-refractivity contribution is 0.0697. The highest BCUT2D eigenvalue weighted by Crippen LogP contribution is 2.27. The number of aromatic nitrogens is 5. The van der Waals surface area contributed by atoms with Gasteiger partial charge in [-0.15, -0.1) is 10.2 Å². The van der Waals surface area contributed by atoms with Crippen LogP contribution in [-0.2, 0) is 13.6 Å². The summed E-state index contributed by atoms with van der Waals surface area (Å²) in [7, 11) is 2.05. The van der Waals surface area contributed by atoms with Crippen LogP contribution in [0.2, 0.25) is 0 Å². The number of carbonyl (C=O) groups excluding carboxylic acids is 1.